The molecule has 0 amide bonds. The molecule has 8 saturated heterocycles. The molecule has 56 heavy (non-hydrogen) atoms. The normalized spacial score (nSPS) is 45.1. The Labute approximate surface area is 341 Å². The molecule has 8 nitrogen and oxygen atoms in total. The van der Waals surface area contributed by atoms with Crippen molar-refractivity contribution in [1.82, 2.24) is 0 Å². The minimum absolute atomic E-state index is 0.0261. The molecule has 0 aromatic carbocycles. The molecule has 0 radical (unpaired) electrons. The first kappa shape index (κ1) is 43.2. The van der Waals surface area contributed by atoms with E-state index >= 15 is 0 Å². The van der Waals surface area contributed by atoms with E-state index in [4.69, 9.17) is 37.6 Å². The van der Waals surface area contributed by atoms with Gasteiger partial charge in [-0.25, -0.2) is 0 Å². The van der Waals surface area contributed by atoms with Crippen molar-refractivity contribution in [3.8, 4) is 0 Å². The van der Waals surface area contributed by atoms with Crippen LogP contribution in [0.2, 0.25) is 18.1 Å². The van der Waals surface area contributed by atoms with Gasteiger partial charge in [-0.05, 0) is 97.9 Å². The quantitative estimate of drug-likeness (QED) is 0.0945. The number of hydrogen-bond acceptors (Lipinski definition) is 8. The van der Waals surface area contributed by atoms with E-state index in [0.717, 1.165) is 77.2 Å². The average molecular weight is 799 g/mol. The zero-order valence-electron chi connectivity index (χ0n) is 36.4. The molecule has 8 rings (SSSR count). The lowest BCUT2D eigenvalue weighted by atomic mass is 9.80. The Bertz CT molecular complexity index is 1360. The van der Waals surface area contributed by atoms with Gasteiger partial charge in [0.25, 0.3) is 0 Å². The van der Waals surface area contributed by atoms with Crippen LogP contribution in [0.3, 0.4) is 0 Å². The van der Waals surface area contributed by atoms with E-state index in [2.05, 4.69) is 75.1 Å². The molecular weight excluding hydrogens is 721 g/mol. The predicted molar refractivity (Wildman–Crippen MR) is 224 cm³/mol. The second-order valence-corrected chi connectivity index (χ2v) is 24.2. The highest BCUT2D eigenvalue weighted by Gasteiger charge is 2.67. The Morgan fingerprint density at radius 3 is 2.23 bits per heavy atom. The Morgan fingerprint density at radius 2 is 1.52 bits per heavy atom. The Hall–Kier alpha value is -0.883. The van der Waals surface area contributed by atoms with E-state index in [-0.39, 0.29) is 79.2 Å². The van der Waals surface area contributed by atoms with E-state index < -0.39 is 14.1 Å². The van der Waals surface area contributed by atoms with E-state index in [1.54, 1.807) is 0 Å². The summed E-state index contributed by atoms with van der Waals surface area (Å²) in [5, 5.41) is 0. The first-order valence-corrected chi connectivity index (χ1v) is 25.6. The molecule has 0 N–H and O–H groups in total. The summed E-state index contributed by atoms with van der Waals surface area (Å²) in [5.41, 5.74) is 2.44. The molecule has 0 saturated carbocycles. The van der Waals surface area contributed by atoms with Crippen molar-refractivity contribution in [3.05, 3.63) is 37.0 Å². The molecule has 318 valence electrons. The average Bonchev–Trinajstić information content (AvgIpc) is 3.85. The van der Waals surface area contributed by atoms with Gasteiger partial charge in [0.15, 0.2) is 14.1 Å². The van der Waals surface area contributed by atoms with Gasteiger partial charge in [-0.2, -0.15) is 0 Å². The van der Waals surface area contributed by atoms with E-state index in [1.807, 2.05) is 6.08 Å². The van der Waals surface area contributed by atoms with Crippen molar-refractivity contribution < 1.29 is 37.6 Å². The maximum Gasteiger partial charge on any atom is 0.191 e. The van der Waals surface area contributed by atoms with Crippen molar-refractivity contribution in [2.24, 2.45) is 29.6 Å². The molecule has 0 aromatic heterocycles. The van der Waals surface area contributed by atoms with Crippen LogP contribution in [-0.2, 0) is 37.6 Å². The molecular formula is C47H78O8Si. The molecule has 0 aliphatic carbocycles. The van der Waals surface area contributed by atoms with Crippen LogP contribution in [0.4, 0.5) is 0 Å². The van der Waals surface area contributed by atoms with Crippen LogP contribution in [0, 0.1) is 29.6 Å². The van der Waals surface area contributed by atoms with E-state index in [9.17, 15) is 0 Å². The van der Waals surface area contributed by atoms with Crippen LogP contribution in [0.25, 0.3) is 0 Å². The van der Waals surface area contributed by atoms with Crippen LogP contribution < -0.4 is 0 Å². The summed E-state index contributed by atoms with van der Waals surface area (Å²) in [6.07, 6.45) is 12.9. The standard InChI is InChI=1S/C47H78O8Si/c1-12-17-38-33(11)43-45-46(52-38)44-42(53-45)26-47(54-43,55-44)21-20-35-24-30(8)37(49-35)19-18-34-23-29(7)31(9)40(50-34)25-41-36(13-2)32(10)39(51-41)22-28(6)27-48-56(14-3,15-4)16-5/h12,28-29,32-46H,1,8-9,13-27H2,2-7,10-11H3/t28-,29+,32+,33-,34-,35-,36+,37?,38-,39+,40?,41-,42+,43-,44-,45-,46-,47+/m0/s1. The molecule has 6 bridgehead atoms. The minimum Gasteiger partial charge on any atom is -0.417 e. The number of ether oxygens (including phenoxy) is 7. The summed E-state index contributed by atoms with van der Waals surface area (Å²) in [4.78, 5) is 0. The smallest absolute Gasteiger partial charge is 0.191 e. The third kappa shape index (κ3) is 8.65. The van der Waals surface area contributed by atoms with Gasteiger partial charge in [-0.3, -0.25) is 0 Å². The molecule has 8 heterocycles. The highest BCUT2D eigenvalue weighted by Crippen LogP contribution is 2.54. The minimum atomic E-state index is -1.58. The monoisotopic (exact) mass is 799 g/mol. The molecule has 9 heteroatoms. The Morgan fingerprint density at radius 1 is 0.804 bits per heavy atom. The van der Waals surface area contributed by atoms with Crippen molar-refractivity contribution in [2.45, 2.75) is 223 Å². The van der Waals surface area contributed by atoms with E-state index in [1.165, 1.54) is 29.3 Å². The zero-order chi connectivity index (χ0) is 39.9. The van der Waals surface area contributed by atoms with Crippen LogP contribution in [0.5, 0.6) is 0 Å². The lowest BCUT2D eigenvalue weighted by molar-refractivity contribution is -0.262. The predicted octanol–water partition coefficient (Wildman–Crippen LogP) is 10.1. The second-order valence-electron chi connectivity index (χ2n) is 19.4. The van der Waals surface area contributed by atoms with Gasteiger partial charge in [0, 0.05) is 31.8 Å². The molecule has 8 aliphatic heterocycles. The topological polar surface area (TPSA) is 73.8 Å². The molecule has 18 atom stereocenters. The molecule has 8 fully saturated rings. The van der Waals surface area contributed by atoms with Crippen LogP contribution in [-0.4, -0.2) is 94.0 Å². The highest BCUT2D eigenvalue weighted by molar-refractivity contribution is 6.73. The second kappa shape index (κ2) is 18.0. The van der Waals surface area contributed by atoms with Crippen LogP contribution >= 0.6 is 0 Å². The van der Waals surface area contributed by atoms with Gasteiger partial charge in [0.2, 0.25) is 0 Å². The first-order chi connectivity index (χ1) is 26.9. The van der Waals surface area contributed by atoms with Crippen molar-refractivity contribution >= 4 is 8.32 Å². The summed E-state index contributed by atoms with van der Waals surface area (Å²) in [7, 11) is -1.58. The van der Waals surface area contributed by atoms with Gasteiger partial charge in [-0.15, -0.1) is 6.58 Å². The summed E-state index contributed by atoms with van der Waals surface area (Å²) < 4.78 is 54.0. The van der Waals surface area contributed by atoms with Gasteiger partial charge in [0.1, 0.15) is 18.3 Å². The summed E-state index contributed by atoms with van der Waals surface area (Å²) in [6.45, 7) is 32.5. The van der Waals surface area contributed by atoms with Gasteiger partial charge < -0.3 is 37.6 Å². The lowest BCUT2D eigenvalue weighted by Gasteiger charge is -2.42. The van der Waals surface area contributed by atoms with Crippen LogP contribution in [0.1, 0.15) is 126 Å². The van der Waals surface area contributed by atoms with Crippen molar-refractivity contribution in [1.29, 1.82) is 0 Å². The maximum absolute atomic E-state index is 6.96. The van der Waals surface area contributed by atoms with E-state index in [0.29, 0.717) is 23.7 Å². The molecule has 0 spiro atoms. The van der Waals surface area contributed by atoms with Crippen molar-refractivity contribution in [2.75, 3.05) is 6.61 Å². The Balaban J connectivity index is 0.886. The van der Waals surface area contributed by atoms with Gasteiger partial charge in [-0.1, -0.05) is 81.0 Å². The molecule has 2 unspecified atom stereocenters. The number of rotatable bonds is 19. The SMILES string of the molecule is C=CC[C@@H]1O[C@@H]2[C@H]3O[C@@H]4C[C@@](CC[C@H]5CC(=C)C(CC[C@H]6C[C@@H](C)C(=C)C(C[C@@H]7O[C@H](C[C@H](C)CO[Si](CC)(CC)CC)[C@H](C)[C@H]7CC)O6)O5)(O[C@H]24)O[C@H]3[C@H]1C. The summed E-state index contributed by atoms with van der Waals surface area (Å²) in [6, 6.07) is 3.61. The third-order valence-corrected chi connectivity index (χ3v) is 20.5. The van der Waals surface area contributed by atoms with Gasteiger partial charge in [0.05, 0.1) is 54.9 Å². The van der Waals surface area contributed by atoms with Gasteiger partial charge >= 0.3 is 0 Å². The molecule has 8 aliphatic rings. The fourth-order valence-corrected chi connectivity index (χ4v) is 14.7. The summed E-state index contributed by atoms with van der Waals surface area (Å²) in [5.74, 6) is 1.57. The molecule has 0 aromatic rings. The Kier molecular flexibility index (Phi) is 13.9. The summed E-state index contributed by atoms with van der Waals surface area (Å²) >= 11 is 0. The first-order valence-electron chi connectivity index (χ1n) is 23.1. The fourth-order valence-electron chi connectivity index (χ4n) is 11.9. The fraction of sp³-hybridized carbons (Fsp3) is 0.872. The number of hydrogen-bond donors (Lipinski definition) is 0. The highest BCUT2D eigenvalue weighted by atomic mass is 28.4. The van der Waals surface area contributed by atoms with Crippen LogP contribution in [0.15, 0.2) is 37.0 Å². The maximum atomic E-state index is 6.96. The largest absolute Gasteiger partial charge is 0.417 e. The zero-order valence-corrected chi connectivity index (χ0v) is 37.4. The lowest BCUT2D eigenvalue weighted by Crippen LogP contribution is -2.54. The van der Waals surface area contributed by atoms with Crippen molar-refractivity contribution in [3.63, 3.8) is 0 Å². The third-order valence-electron chi connectivity index (χ3n) is 15.9.